The van der Waals surface area contributed by atoms with Gasteiger partial charge in [0.05, 0.1) is 6.04 Å². The number of hydrogen-bond donors (Lipinski definition) is 2. The number of aliphatic carboxylic acids is 1. The molecule has 0 fully saturated rings. The number of benzene rings is 2. The highest BCUT2D eigenvalue weighted by molar-refractivity contribution is 5.98. The second-order valence-corrected chi connectivity index (χ2v) is 5.29. The van der Waals surface area contributed by atoms with Gasteiger partial charge < -0.3 is 10.4 Å². The van der Waals surface area contributed by atoms with Crippen LogP contribution in [0, 0.1) is 0 Å². The third-order valence-electron chi connectivity index (χ3n) is 3.49. The van der Waals surface area contributed by atoms with Gasteiger partial charge in [0.25, 0.3) is 0 Å². The van der Waals surface area contributed by atoms with Gasteiger partial charge in [-0.2, -0.15) is 0 Å². The van der Waals surface area contributed by atoms with Crippen molar-refractivity contribution in [2.24, 2.45) is 0 Å². The molecule has 0 aliphatic heterocycles. The lowest BCUT2D eigenvalue weighted by atomic mass is 9.98. The van der Waals surface area contributed by atoms with Crippen molar-refractivity contribution >= 4 is 11.9 Å². The van der Waals surface area contributed by atoms with E-state index in [2.05, 4.69) is 5.32 Å². The number of carbonyl (C=O) groups is 2. The first-order valence-corrected chi connectivity index (χ1v) is 7.37. The molecular formula is C19H19NO3. The minimum atomic E-state index is -1.13. The number of carboxylic acids is 1. The Morgan fingerprint density at radius 2 is 1.61 bits per heavy atom. The maximum absolute atomic E-state index is 12.2. The molecule has 4 heteroatoms. The van der Waals surface area contributed by atoms with Crippen molar-refractivity contribution < 1.29 is 14.7 Å². The lowest BCUT2D eigenvalue weighted by Gasteiger charge is -2.19. The van der Waals surface area contributed by atoms with E-state index in [-0.39, 0.29) is 17.5 Å². The van der Waals surface area contributed by atoms with Crippen LogP contribution in [-0.4, -0.2) is 17.0 Å². The minimum absolute atomic E-state index is 0.173. The van der Waals surface area contributed by atoms with Crippen molar-refractivity contribution in [3.05, 3.63) is 83.4 Å². The van der Waals surface area contributed by atoms with Crippen LogP contribution < -0.4 is 5.32 Å². The zero-order valence-corrected chi connectivity index (χ0v) is 12.9. The molecule has 118 valence electrons. The largest absolute Gasteiger partial charge is 0.478 e. The maximum atomic E-state index is 12.2. The van der Waals surface area contributed by atoms with Crippen molar-refractivity contribution in [2.45, 2.75) is 19.4 Å². The number of hydrogen-bond acceptors (Lipinski definition) is 2. The molecule has 0 bridgehead atoms. The summed E-state index contributed by atoms with van der Waals surface area (Å²) in [4.78, 5) is 22.9. The van der Waals surface area contributed by atoms with Crippen LogP contribution >= 0.6 is 0 Å². The summed E-state index contributed by atoms with van der Waals surface area (Å²) < 4.78 is 0. The van der Waals surface area contributed by atoms with Gasteiger partial charge in [-0.25, -0.2) is 4.79 Å². The van der Waals surface area contributed by atoms with Gasteiger partial charge in [0.1, 0.15) is 0 Å². The van der Waals surface area contributed by atoms with Gasteiger partial charge in [-0.05, 0) is 24.5 Å². The highest BCUT2D eigenvalue weighted by Crippen LogP contribution is 2.19. The van der Waals surface area contributed by atoms with E-state index in [9.17, 15) is 9.59 Å². The van der Waals surface area contributed by atoms with Crippen LogP contribution in [0.1, 0.15) is 24.1 Å². The molecule has 2 rings (SSSR count). The molecule has 0 heterocycles. The molecule has 0 saturated carbocycles. The summed E-state index contributed by atoms with van der Waals surface area (Å²) in [6.07, 6.45) is 1.55. The average molecular weight is 309 g/mol. The van der Waals surface area contributed by atoms with Crippen LogP contribution in [0.15, 0.2) is 72.3 Å². The van der Waals surface area contributed by atoms with Crippen molar-refractivity contribution in [1.29, 1.82) is 0 Å². The molecule has 0 aromatic heterocycles. The Kier molecular flexibility index (Phi) is 5.69. The van der Waals surface area contributed by atoms with Crippen LogP contribution in [0.5, 0.6) is 0 Å². The molecule has 2 aromatic carbocycles. The van der Waals surface area contributed by atoms with E-state index in [4.69, 9.17) is 5.11 Å². The predicted octanol–water partition coefficient (Wildman–Crippen LogP) is 3.12. The number of nitrogens with one attached hydrogen (secondary N) is 1. The Bertz CT molecular complexity index is 693. The normalized spacial score (nSPS) is 12.5. The maximum Gasteiger partial charge on any atom is 0.328 e. The molecular weight excluding hydrogens is 290 g/mol. The fourth-order valence-corrected chi connectivity index (χ4v) is 2.31. The van der Waals surface area contributed by atoms with Crippen molar-refractivity contribution in [3.8, 4) is 0 Å². The van der Waals surface area contributed by atoms with E-state index in [1.807, 2.05) is 60.7 Å². The fourth-order valence-electron chi connectivity index (χ4n) is 2.31. The van der Waals surface area contributed by atoms with Gasteiger partial charge in [0, 0.05) is 11.6 Å². The Morgan fingerprint density at radius 3 is 2.17 bits per heavy atom. The summed E-state index contributed by atoms with van der Waals surface area (Å²) in [6.45, 7) is 1.49. The highest BCUT2D eigenvalue weighted by atomic mass is 16.4. The first-order valence-electron chi connectivity index (χ1n) is 7.37. The smallest absolute Gasteiger partial charge is 0.328 e. The molecule has 0 aliphatic carbocycles. The average Bonchev–Trinajstić information content (AvgIpc) is 2.55. The molecule has 1 unspecified atom stereocenters. The number of amides is 1. The third-order valence-corrected chi connectivity index (χ3v) is 3.49. The molecule has 2 aromatic rings. The van der Waals surface area contributed by atoms with Crippen molar-refractivity contribution in [3.63, 3.8) is 0 Å². The van der Waals surface area contributed by atoms with E-state index in [1.54, 1.807) is 0 Å². The SMILES string of the molecule is C/C(=C/C(=O)O)C(=O)NC(Cc1ccccc1)c1ccccc1. The lowest BCUT2D eigenvalue weighted by Crippen LogP contribution is -2.30. The van der Waals surface area contributed by atoms with Crippen molar-refractivity contribution in [2.75, 3.05) is 0 Å². The number of carboxylic acid groups (broad SMARTS) is 1. The van der Waals surface area contributed by atoms with Crippen LogP contribution in [0.3, 0.4) is 0 Å². The van der Waals surface area contributed by atoms with Gasteiger partial charge in [-0.3, -0.25) is 4.79 Å². The minimum Gasteiger partial charge on any atom is -0.478 e. The summed E-state index contributed by atoms with van der Waals surface area (Å²) in [7, 11) is 0. The first kappa shape index (κ1) is 16.5. The standard InChI is InChI=1S/C19H19NO3/c1-14(12-18(21)22)19(23)20-17(16-10-6-3-7-11-16)13-15-8-4-2-5-9-15/h2-12,17H,13H2,1H3,(H,20,23)(H,21,22)/b14-12-. The van der Waals surface area contributed by atoms with E-state index in [0.29, 0.717) is 6.42 Å². The van der Waals surface area contributed by atoms with Gasteiger partial charge in [-0.1, -0.05) is 60.7 Å². The van der Waals surface area contributed by atoms with Gasteiger partial charge in [0.15, 0.2) is 0 Å². The second-order valence-electron chi connectivity index (χ2n) is 5.29. The molecule has 1 amide bonds. The Hall–Kier alpha value is -2.88. The highest BCUT2D eigenvalue weighted by Gasteiger charge is 2.16. The van der Waals surface area contributed by atoms with Crippen LogP contribution in [0.25, 0.3) is 0 Å². The van der Waals surface area contributed by atoms with E-state index >= 15 is 0 Å². The number of rotatable bonds is 6. The third kappa shape index (κ3) is 5.11. The molecule has 0 saturated heterocycles. The Labute approximate surface area is 135 Å². The molecule has 0 radical (unpaired) electrons. The molecule has 0 spiro atoms. The van der Waals surface area contributed by atoms with Crippen molar-refractivity contribution in [1.82, 2.24) is 5.32 Å². The van der Waals surface area contributed by atoms with Crippen LogP contribution in [0.4, 0.5) is 0 Å². The molecule has 0 aliphatic rings. The fraction of sp³-hybridized carbons (Fsp3) is 0.158. The van der Waals surface area contributed by atoms with Crippen LogP contribution in [-0.2, 0) is 16.0 Å². The molecule has 4 nitrogen and oxygen atoms in total. The Morgan fingerprint density at radius 1 is 1.04 bits per heavy atom. The quantitative estimate of drug-likeness (QED) is 0.806. The summed E-state index contributed by atoms with van der Waals surface area (Å²) in [5.41, 5.74) is 2.25. The zero-order valence-electron chi connectivity index (χ0n) is 12.9. The van der Waals surface area contributed by atoms with Gasteiger partial charge in [0.2, 0.25) is 5.91 Å². The van der Waals surface area contributed by atoms with E-state index in [1.165, 1.54) is 6.92 Å². The Balaban J connectivity index is 2.20. The van der Waals surface area contributed by atoms with Gasteiger partial charge in [-0.15, -0.1) is 0 Å². The van der Waals surface area contributed by atoms with Crippen LogP contribution in [0.2, 0.25) is 0 Å². The second kappa shape index (κ2) is 7.94. The predicted molar refractivity (Wildman–Crippen MR) is 88.9 cm³/mol. The summed E-state index contributed by atoms with van der Waals surface area (Å²) in [6, 6.07) is 19.3. The van der Waals surface area contributed by atoms with E-state index in [0.717, 1.165) is 17.2 Å². The monoisotopic (exact) mass is 309 g/mol. The summed E-state index contributed by atoms with van der Waals surface area (Å²) in [5, 5.41) is 11.7. The lowest BCUT2D eigenvalue weighted by molar-refractivity contribution is -0.132. The molecule has 2 N–H and O–H groups in total. The summed E-state index contributed by atoms with van der Waals surface area (Å²) >= 11 is 0. The number of carbonyl (C=O) groups excluding carboxylic acids is 1. The van der Waals surface area contributed by atoms with E-state index < -0.39 is 5.97 Å². The molecule has 23 heavy (non-hydrogen) atoms. The topological polar surface area (TPSA) is 66.4 Å². The zero-order chi connectivity index (χ0) is 16.7. The van der Waals surface area contributed by atoms with Gasteiger partial charge >= 0.3 is 5.97 Å². The molecule has 1 atom stereocenters. The first-order chi connectivity index (χ1) is 11.1. The summed E-state index contributed by atoms with van der Waals surface area (Å²) in [5.74, 6) is -1.51.